The molecule has 3 amide bonds. The number of benzene rings is 3. The maximum atomic E-state index is 13.7. The van der Waals surface area contributed by atoms with E-state index in [-0.39, 0.29) is 29.2 Å². The smallest absolute Gasteiger partial charge is 0.352 e. The molecule has 5 N–H and O–H groups in total. The minimum atomic E-state index is -1.20. The topological polar surface area (TPSA) is 167 Å². The van der Waals surface area contributed by atoms with Gasteiger partial charge in [-0.05, 0) is 71.7 Å². The van der Waals surface area contributed by atoms with Gasteiger partial charge in [0.25, 0.3) is 5.91 Å². The van der Waals surface area contributed by atoms with Crippen molar-refractivity contribution < 1.29 is 43.2 Å². The van der Waals surface area contributed by atoms with Gasteiger partial charge in [-0.25, -0.2) is 4.79 Å². The summed E-state index contributed by atoms with van der Waals surface area (Å²) in [6.45, 7) is 10.2. The van der Waals surface area contributed by atoms with E-state index in [2.05, 4.69) is 11.4 Å². The van der Waals surface area contributed by atoms with E-state index >= 15 is 0 Å². The number of aliphatic hydroxyl groups excluding tert-OH is 1. The molecule has 0 radical (unpaired) electrons. The number of nitrogens with zero attached hydrogens (tertiary/aromatic N) is 3. The summed E-state index contributed by atoms with van der Waals surface area (Å²) in [6, 6.07) is 17.7. The number of hydrogen-bond acceptors (Lipinski definition) is 6. The largest absolute Gasteiger partial charge is 0.477 e. The van der Waals surface area contributed by atoms with Crippen LogP contribution >= 0.6 is 0 Å². The number of primary amides is 1. The first-order valence-corrected chi connectivity index (χ1v) is 17.5. The highest BCUT2D eigenvalue weighted by atomic mass is 16.4. The van der Waals surface area contributed by atoms with Crippen LogP contribution in [0.4, 0.5) is 5.69 Å². The van der Waals surface area contributed by atoms with Crippen LogP contribution in [0.25, 0.3) is 16.7 Å². The number of ketones is 1. The molecule has 2 bridgehead atoms. The van der Waals surface area contributed by atoms with Crippen molar-refractivity contribution in [1.82, 2.24) is 4.90 Å². The van der Waals surface area contributed by atoms with Crippen LogP contribution in [0.3, 0.4) is 0 Å². The van der Waals surface area contributed by atoms with Crippen LogP contribution in [-0.4, -0.2) is 112 Å². The average molecular weight is 692 g/mol. The number of nitrogens with one attached hydrogen (secondary N) is 1. The van der Waals surface area contributed by atoms with Gasteiger partial charge in [0.05, 0.1) is 18.1 Å². The number of rotatable bonds is 9. The lowest BCUT2D eigenvalue weighted by Crippen LogP contribution is -2.75. The zero-order chi connectivity index (χ0) is 36.0. The number of anilines is 1. The Morgan fingerprint density at radius 1 is 0.882 bits per heavy atom. The number of amides is 3. The molecular formula is C39H41N5O7+2. The lowest BCUT2D eigenvalue weighted by molar-refractivity contribution is -1.08. The number of fused-ring (bicyclic) bond motifs is 7. The van der Waals surface area contributed by atoms with E-state index in [0.717, 1.165) is 71.5 Å². The number of carboxylic acids is 1. The Morgan fingerprint density at radius 3 is 2.16 bits per heavy atom. The third kappa shape index (κ3) is 5.19. The molecular weight excluding hydrogens is 650 g/mol. The Bertz CT molecular complexity index is 2060. The van der Waals surface area contributed by atoms with Gasteiger partial charge in [-0.2, -0.15) is 0 Å². The zero-order valence-electron chi connectivity index (χ0n) is 28.6. The molecule has 12 heteroatoms. The van der Waals surface area contributed by atoms with E-state index < -0.39 is 29.9 Å². The SMILES string of the molecule is C[C@@H](O)[C@H]1C(=O)N2C(C(=O)O)=C(c3ccc4c(c3)C(=O)c3ccc(C[N+]56CC[N+](CC(=O)Nc7ccc(C(N)=O)cc7)(CC5)CC6)cc3-4)[C@H](C)[C@H]12. The molecule has 0 unspecified atom stereocenters. The summed E-state index contributed by atoms with van der Waals surface area (Å²) < 4.78 is 1.69. The maximum absolute atomic E-state index is 13.7. The first-order chi connectivity index (χ1) is 24.3. The molecule has 4 fully saturated rings. The highest BCUT2D eigenvalue weighted by molar-refractivity contribution is 6.22. The van der Waals surface area contributed by atoms with Gasteiger partial charge < -0.3 is 35.1 Å². The van der Waals surface area contributed by atoms with Gasteiger partial charge in [0.1, 0.15) is 51.5 Å². The summed E-state index contributed by atoms with van der Waals surface area (Å²) >= 11 is 0. The number of carbonyl (C=O) groups is 5. The fourth-order valence-corrected chi connectivity index (χ4v) is 9.37. The highest BCUT2D eigenvalue weighted by Gasteiger charge is 2.60. The predicted octanol–water partition coefficient (Wildman–Crippen LogP) is 2.45. The summed E-state index contributed by atoms with van der Waals surface area (Å²) in [5, 5.41) is 23.3. The molecule has 0 spiro atoms. The van der Waals surface area contributed by atoms with Crippen molar-refractivity contribution in [2.75, 3.05) is 51.1 Å². The number of quaternary nitrogens is 2. The third-order valence-electron chi connectivity index (χ3n) is 12.2. The van der Waals surface area contributed by atoms with Crippen LogP contribution in [0.15, 0.2) is 66.4 Å². The number of nitrogens with two attached hydrogens (primary N) is 1. The number of aliphatic hydroxyl groups is 1. The van der Waals surface area contributed by atoms with E-state index in [1.54, 1.807) is 37.3 Å². The molecule has 1 aliphatic carbocycles. The van der Waals surface area contributed by atoms with Crippen LogP contribution in [0.2, 0.25) is 0 Å². The number of carboxylic acid groups (broad SMARTS) is 1. The molecule has 9 rings (SSSR count). The Balaban J connectivity index is 0.973. The molecule has 0 aromatic heterocycles. The molecule has 51 heavy (non-hydrogen) atoms. The molecule has 262 valence electrons. The quantitative estimate of drug-likeness (QED) is 0.155. The number of hydrogen-bond donors (Lipinski definition) is 4. The Morgan fingerprint density at radius 2 is 1.53 bits per heavy atom. The summed E-state index contributed by atoms with van der Waals surface area (Å²) in [5.74, 6) is -3.24. The summed E-state index contributed by atoms with van der Waals surface area (Å²) in [4.78, 5) is 64.7. The molecule has 6 aliphatic rings. The lowest BCUT2D eigenvalue weighted by atomic mass is 9.76. The van der Waals surface area contributed by atoms with Crippen molar-refractivity contribution in [3.8, 4) is 11.1 Å². The van der Waals surface area contributed by atoms with Crippen LogP contribution in [0.5, 0.6) is 0 Å². The van der Waals surface area contributed by atoms with Crippen LogP contribution in [-0.2, 0) is 20.9 Å². The van der Waals surface area contributed by atoms with Crippen LogP contribution in [0.1, 0.15) is 51.3 Å². The van der Waals surface area contributed by atoms with Crippen molar-refractivity contribution in [2.45, 2.75) is 32.5 Å². The van der Waals surface area contributed by atoms with Gasteiger partial charge in [-0.3, -0.25) is 19.2 Å². The van der Waals surface area contributed by atoms with Crippen molar-refractivity contribution in [3.05, 3.63) is 94.2 Å². The van der Waals surface area contributed by atoms with Gasteiger partial charge in [0.15, 0.2) is 12.3 Å². The second-order valence-electron chi connectivity index (χ2n) is 15.1. The highest BCUT2D eigenvalue weighted by Crippen LogP contribution is 2.51. The minimum Gasteiger partial charge on any atom is -0.477 e. The van der Waals surface area contributed by atoms with E-state index in [0.29, 0.717) is 40.1 Å². The van der Waals surface area contributed by atoms with E-state index in [4.69, 9.17) is 5.73 Å². The van der Waals surface area contributed by atoms with Gasteiger partial charge in [0, 0.05) is 33.9 Å². The second kappa shape index (κ2) is 11.7. The minimum absolute atomic E-state index is 0.0472. The molecule has 5 heterocycles. The van der Waals surface area contributed by atoms with Crippen molar-refractivity contribution in [1.29, 1.82) is 0 Å². The van der Waals surface area contributed by atoms with Gasteiger partial charge in [-0.1, -0.05) is 25.1 Å². The average Bonchev–Trinajstić information content (AvgIpc) is 3.52. The van der Waals surface area contributed by atoms with Crippen molar-refractivity contribution >= 4 is 40.7 Å². The molecule has 12 nitrogen and oxygen atoms in total. The van der Waals surface area contributed by atoms with Crippen molar-refractivity contribution in [3.63, 3.8) is 0 Å². The predicted molar refractivity (Wildman–Crippen MR) is 187 cm³/mol. The van der Waals surface area contributed by atoms with Crippen molar-refractivity contribution in [2.24, 2.45) is 17.6 Å². The third-order valence-corrected chi connectivity index (χ3v) is 12.2. The molecule has 4 atom stereocenters. The monoisotopic (exact) mass is 691 g/mol. The zero-order valence-corrected chi connectivity index (χ0v) is 28.6. The molecule has 0 saturated carbocycles. The standard InChI is InChI=1S/C39H39N5O7/c1-21-32(35(39(50)51)42-34(21)33(22(2)45)38(42)49)25-6-10-27-29-17-23(3-9-28(29)36(47)30(27)18-25)19-43-11-14-44(15-12-43,16-13-43)20-31(46)41-26-7-4-24(5-8-26)37(40)48/h3-10,17-18,21-22,33-34,45H,11-16,19-20H2,1-2H3,(H2-2,40,41,46,48,50,51)/p+2/t21-,22+,33+,34+,43?,44?/m0/s1. The first-order valence-electron chi connectivity index (χ1n) is 17.5. The van der Waals surface area contributed by atoms with Gasteiger partial charge >= 0.3 is 5.97 Å². The van der Waals surface area contributed by atoms with Crippen LogP contribution in [0, 0.1) is 11.8 Å². The van der Waals surface area contributed by atoms with E-state index in [9.17, 15) is 34.2 Å². The van der Waals surface area contributed by atoms with Gasteiger partial charge in [0.2, 0.25) is 11.8 Å². The summed E-state index contributed by atoms with van der Waals surface area (Å²) in [7, 11) is 0. The molecule has 3 aromatic carbocycles. The normalized spacial score (nSPS) is 27.8. The Kier molecular flexibility index (Phi) is 7.56. The van der Waals surface area contributed by atoms with Crippen LogP contribution < -0.4 is 11.1 Å². The maximum Gasteiger partial charge on any atom is 0.352 e. The fourth-order valence-electron chi connectivity index (χ4n) is 9.37. The lowest BCUT2D eigenvalue weighted by Gasteiger charge is -2.55. The first kappa shape index (κ1) is 33.0. The molecule has 3 aromatic rings. The number of aliphatic carboxylic acids is 1. The van der Waals surface area contributed by atoms with Gasteiger partial charge in [-0.15, -0.1) is 0 Å². The van der Waals surface area contributed by atoms with E-state index in [1.807, 2.05) is 31.2 Å². The molecule has 4 saturated heterocycles. The Hall–Kier alpha value is -5.17. The summed E-state index contributed by atoms with van der Waals surface area (Å²) in [5.41, 5.74) is 11.4. The van der Waals surface area contributed by atoms with E-state index in [1.165, 1.54) is 4.90 Å². The Labute approximate surface area is 294 Å². The molecule has 5 aliphatic heterocycles. The number of carbonyl (C=O) groups excluding carboxylic acids is 4. The number of β-lactam (4-membered cyclic amide) rings is 1. The number of piperazine rings is 3. The fraction of sp³-hybridized carbons (Fsp3) is 0.359. The second-order valence-corrected chi connectivity index (χ2v) is 15.1. The summed E-state index contributed by atoms with van der Waals surface area (Å²) in [6.07, 6.45) is -0.893.